The van der Waals surface area contributed by atoms with Crippen LogP contribution in [-0.2, 0) is 10.2 Å². The van der Waals surface area contributed by atoms with Gasteiger partial charge in [0.15, 0.2) is 0 Å². The minimum Gasteiger partial charge on any atom is -0.382 e. The molecule has 48 heavy (non-hydrogen) atoms. The third-order valence-corrected chi connectivity index (χ3v) is 9.17. The van der Waals surface area contributed by atoms with Gasteiger partial charge in [-0.15, -0.1) is 0 Å². The molecule has 0 amide bonds. The van der Waals surface area contributed by atoms with E-state index in [1.54, 1.807) is 6.08 Å². The quantitative estimate of drug-likeness (QED) is 0.124. The molecule has 1 heterocycles. The first-order valence-electron chi connectivity index (χ1n) is 16.9. The fraction of sp³-hybridized carbons (Fsp3) is 0.366. The molecule has 2 aromatic carbocycles. The molecule has 4 rings (SSSR count). The largest absolute Gasteiger partial charge is 0.405 e. The summed E-state index contributed by atoms with van der Waals surface area (Å²) < 4.78 is 45.7. The molecule has 2 aromatic rings. The van der Waals surface area contributed by atoms with Crippen molar-refractivity contribution in [3.05, 3.63) is 145 Å². The molecular weight excluding hydrogens is 607 g/mol. The zero-order valence-electron chi connectivity index (χ0n) is 28.2. The second-order valence-electron chi connectivity index (χ2n) is 12.4. The number of nitrogens with zero attached hydrogens (tertiary/aromatic N) is 1. The maximum atomic E-state index is 13.3. The molecule has 4 nitrogen and oxygen atoms in total. The highest BCUT2D eigenvalue weighted by Crippen LogP contribution is 2.54. The fourth-order valence-corrected chi connectivity index (χ4v) is 6.76. The maximum Gasteiger partial charge on any atom is 0.405 e. The van der Waals surface area contributed by atoms with Crippen molar-refractivity contribution in [1.82, 2.24) is 15.5 Å². The Morgan fingerprint density at radius 1 is 0.958 bits per heavy atom. The molecule has 1 aliphatic heterocycles. The van der Waals surface area contributed by atoms with Gasteiger partial charge >= 0.3 is 6.18 Å². The van der Waals surface area contributed by atoms with Gasteiger partial charge in [0, 0.05) is 36.1 Å². The van der Waals surface area contributed by atoms with Crippen molar-refractivity contribution < 1.29 is 17.9 Å². The molecule has 0 saturated carbocycles. The minimum atomic E-state index is -4.33. The van der Waals surface area contributed by atoms with Crippen LogP contribution in [0.25, 0.3) is 11.1 Å². The molecule has 0 bridgehead atoms. The van der Waals surface area contributed by atoms with E-state index in [0.717, 1.165) is 78.8 Å². The number of piperidine rings is 1. The lowest BCUT2D eigenvalue weighted by atomic mass is 9.72. The Kier molecular flexibility index (Phi) is 13.7. The van der Waals surface area contributed by atoms with Crippen LogP contribution >= 0.6 is 0 Å². The lowest BCUT2D eigenvalue weighted by Crippen LogP contribution is -2.42. The van der Waals surface area contributed by atoms with Crippen LogP contribution in [-0.4, -0.2) is 56.5 Å². The Bertz CT molecular complexity index is 1460. The van der Waals surface area contributed by atoms with Crippen molar-refractivity contribution in [3.63, 3.8) is 0 Å². The normalized spacial score (nSPS) is 16.8. The Hall–Kier alpha value is -4.07. The Morgan fingerprint density at radius 3 is 2.25 bits per heavy atom. The van der Waals surface area contributed by atoms with E-state index in [1.807, 2.05) is 85.9 Å². The van der Waals surface area contributed by atoms with Gasteiger partial charge in [0.25, 0.3) is 0 Å². The monoisotopic (exact) mass is 657 g/mol. The highest BCUT2D eigenvalue weighted by molar-refractivity contribution is 5.82. The topological polar surface area (TPSA) is 36.5 Å². The molecular formula is C41H50F3N3O. The number of nitrogens with one attached hydrogen (secondary N) is 2. The van der Waals surface area contributed by atoms with Gasteiger partial charge in [-0.2, -0.15) is 13.2 Å². The number of hydrogen-bond donors (Lipinski definition) is 2. The van der Waals surface area contributed by atoms with Crippen LogP contribution in [0.2, 0.25) is 0 Å². The van der Waals surface area contributed by atoms with Gasteiger partial charge in [0.05, 0.1) is 18.6 Å². The van der Waals surface area contributed by atoms with Crippen molar-refractivity contribution in [2.75, 3.05) is 39.4 Å². The number of benzene rings is 2. The Balaban J connectivity index is 1.30. The number of ether oxygens (including phenoxy) is 1. The molecule has 7 heteroatoms. The van der Waals surface area contributed by atoms with Crippen molar-refractivity contribution in [1.29, 1.82) is 0 Å². The number of fused-ring (bicyclic) bond motifs is 3. The van der Waals surface area contributed by atoms with Crippen LogP contribution in [0.5, 0.6) is 0 Å². The summed E-state index contributed by atoms with van der Waals surface area (Å²) in [5.74, 6) is 0. The lowest BCUT2D eigenvalue weighted by Gasteiger charge is -2.36. The molecule has 256 valence electrons. The Morgan fingerprint density at radius 2 is 1.62 bits per heavy atom. The van der Waals surface area contributed by atoms with E-state index in [1.165, 1.54) is 0 Å². The second-order valence-corrected chi connectivity index (χ2v) is 12.4. The predicted octanol–water partition coefficient (Wildman–Crippen LogP) is 9.17. The van der Waals surface area contributed by atoms with Gasteiger partial charge in [-0.3, -0.25) is 0 Å². The molecule has 0 spiro atoms. The molecule has 1 aliphatic carbocycles. The first kappa shape index (κ1) is 36.8. The van der Waals surface area contributed by atoms with E-state index in [2.05, 4.69) is 47.4 Å². The van der Waals surface area contributed by atoms with Crippen LogP contribution in [0.4, 0.5) is 13.2 Å². The first-order chi connectivity index (χ1) is 23.2. The summed E-state index contributed by atoms with van der Waals surface area (Å²) in [6, 6.07) is 16.5. The van der Waals surface area contributed by atoms with Crippen LogP contribution < -0.4 is 10.6 Å². The number of unbranched alkanes of at least 4 members (excludes halogenated alkanes) is 1. The minimum absolute atomic E-state index is 0.337. The van der Waals surface area contributed by atoms with Crippen LogP contribution in [0, 0.1) is 0 Å². The molecule has 0 unspecified atom stereocenters. The average Bonchev–Trinajstić information content (AvgIpc) is 3.37. The van der Waals surface area contributed by atoms with Gasteiger partial charge < -0.3 is 20.3 Å². The summed E-state index contributed by atoms with van der Waals surface area (Å²) in [5, 5.41) is 6.31. The maximum absolute atomic E-state index is 13.3. The SMILES string of the molecule is C=C/C=C\C=C\COC/C(=C\C=C/C)C(=C)NC1CCN(CCCCC2(C(=C)NCC(F)(F)F)c3ccccc3-c3ccccc32)CC1. The number of alkyl halides is 3. The smallest absolute Gasteiger partial charge is 0.382 e. The third kappa shape index (κ3) is 9.74. The fourth-order valence-electron chi connectivity index (χ4n) is 6.76. The Labute approximate surface area is 285 Å². The summed E-state index contributed by atoms with van der Waals surface area (Å²) in [7, 11) is 0. The number of rotatable bonds is 18. The number of likely N-dealkylation sites (tertiary alicyclic amines) is 1. The van der Waals surface area contributed by atoms with Gasteiger partial charge in [-0.1, -0.05) is 123 Å². The molecule has 0 radical (unpaired) electrons. The van der Waals surface area contributed by atoms with Gasteiger partial charge in [0.2, 0.25) is 0 Å². The van der Waals surface area contributed by atoms with Crippen molar-refractivity contribution >= 4 is 0 Å². The zero-order valence-corrected chi connectivity index (χ0v) is 28.2. The van der Waals surface area contributed by atoms with Gasteiger partial charge in [0.1, 0.15) is 6.54 Å². The average molecular weight is 658 g/mol. The van der Waals surface area contributed by atoms with E-state index < -0.39 is 18.1 Å². The second kappa shape index (κ2) is 17.9. The molecule has 2 N–H and O–H groups in total. The summed E-state index contributed by atoms with van der Waals surface area (Å²) in [4.78, 5) is 2.49. The van der Waals surface area contributed by atoms with Crippen molar-refractivity contribution in [3.8, 4) is 11.1 Å². The van der Waals surface area contributed by atoms with Crippen molar-refractivity contribution in [2.45, 2.75) is 56.7 Å². The first-order valence-corrected chi connectivity index (χ1v) is 16.9. The van der Waals surface area contributed by atoms with E-state index in [9.17, 15) is 13.2 Å². The van der Waals surface area contributed by atoms with Gasteiger partial charge in [-0.05, 0) is 61.4 Å². The predicted molar refractivity (Wildman–Crippen MR) is 194 cm³/mol. The van der Waals surface area contributed by atoms with E-state index >= 15 is 0 Å². The van der Waals surface area contributed by atoms with Crippen LogP contribution in [0.1, 0.15) is 50.2 Å². The zero-order chi connectivity index (χ0) is 34.4. The van der Waals surface area contributed by atoms with E-state index in [0.29, 0.717) is 31.4 Å². The summed E-state index contributed by atoms with van der Waals surface area (Å²) in [6.07, 6.45) is 15.7. The molecule has 1 fully saturated rings. The van der Waals surface area contributed by atoms with Crippen molar-refractivity contribution in [2.24, 2.45) is 0 Å². The molecule has 1 saturated heterocycles. The number of halogens is 3. The van der Waals surface area contributed by atoms with Gasteiger partial charge in [-0.25, -0.2) is 0 Å². The van der Waals surface area contributed by atoms with E-state index in [-0.39, 0.29) is 0 Å². The van der Waals surface area contributed by atoms with Crippen LogP contribution in [0.3, 0.4) is 0 Å². The molecule has 0 aromatic heterocycles. The number of hydrogen-bond acceptors (Lipinski definition) is 4. The number of allylic oxidation sites excluding steroid dienone is 8. The molecule has 2 aliphatic rings. The summed E-state index contributed by atoms with van der Waals surface area (Å²) in [6.45, 7) is 17.0. The lowest BCUT2D eigenvalue weighted by molar-refractivity contribution is -0.123. The highest BCUT2D eigenvalue weighted by atomic mass is 19.4. The summed E-state index contributed by atoms with van der Waals surface area (Å²) in [5.41, 5.74) is 5.83. The van der Waals surface area contributed by atoms with Crippen LogP contribution in [0.15, 0.2) is 134 Å². The third-order valence-electron chi connectivity index (χ3n) is 9.17. The van der Waals surface area contributed by atoms with E-state index in [4.69, 9.17) is 4.74 Å². The summed E-state index contributed by atoms with van der Waals surface area (Å²) >= 11 is 0. The highest BCUT2D eigenvalue weighted by Gasteiger charge is 2.45. The standard InChI is InChI=1S/C41H50F3N3O/c1-5-7-9-10-17-29-48-30-34(18-8-6-2)32(3)46-35-23-27-47(28-24-35)26-16-15-25-40(33(4)45-31-41(42,43)44)38-21-13-11-19-36(38)37-20-12-14-22-39(37)40/h5-14,17-22,35,45-46H,1,3-4,15-16,23-31H2,2H3/b8-6-,9-7-,17-10+,34-18+. The molecule has 0 atom stereocenters.